The molecule has 3 rings (SSSR count). The predicted octanol–water partition coefficient (Wildman–Crippen LogP) is 3.36. The molecule has 0 radical (unpaired) electrons. The first-order chi connectivity index (χ1) is 15.6. The Labute approximate surface area is 197 Å². The molecule has 7 heteroatoms. The highest BCUT2D eigenvalue weighted by atomic mass is 16.5. The van der Waals surface area contributed by atoms with Gasteiger partial charge in [0, 0.05) is 37.1 Å². The van der Waals surface area contributed by atoms with Crippen molar-refractivity contribution in [2.45, 2.75) is 65.3 Å². The number of aryl methyl sites for hydroxylation is 1. The average Bonchev–Trinajstić information content (AvgIpc) is 2.77. The van der Waals surface area contributed by atoms with Crippen molar-refractivity contribution in [3.8, 4) is 5.75 Å². The lowest BCUT2D eigenvalue weighted by Gasteiger charge is -2.35. The molecule has 33 heavy (non-hydrogen) atoms. The van der Waals surface area contributed by atoms with Gasteiger partial charge in [-0.15, -0.1) is 0 Å². The van der Waals surface area contributed by atoms with E-state index in [1.165, 1.54) is 0 Å². The van der Waals surface area contributed by atoms with E-state index in [9.17, 15) is 9.90 Å². The Morgan fingerprint density at radius 2 is 1.82 bits per heavy atom. The van der Waals surface area contributed by atoms with Crippen molar-refractivity contribution in [1.29, 1.82) is 0 Å². The van der Waals surface area contributed by atoms with E-state index in [2.05, 4.69) is 15.5 Å². The summed E-state index contributed by atoms with van der Waals surface area (Å²) in [6.07, 6.45) is 1.03. The molecule has 0 aliphatic carbocycles. The number of nitrogens with two attached hydrogens (primary N) is 1. The lowest BCUT2D eigenvalue weighted by molar-refractivity contribution is -0.135. The lowest BCUT2D eigenvalue weighted by Crippen LogP contribution is -2.53. The first-order valence-corrected chi connectivity index (χ1v) is 11.6. The largest absolute Gasteiger partial charge is 0.478 e. The van der Waals surface area contributed by atoms with E-state index in [0.717, 1.165) is 54.0 Å². The second-order valence-corrected chi connectivity index (χ2v) is 9.54. The summed E-state index contributed by atoms with van der Waals surface area (Å²) in [6.45, 7) is 11.6. The van der Waals surface area contributed by atoms with Gasteiger partial charge in [0.25, 0.3) is 5.91 Å². The van der Waals surface area contributed by atoms with Crippen LogP contribution in [0.3, 0.4) is 0 Å². The summed E-state index contributed by atoms with van der Waals surface area (Å²) in [5.41, 5.74) is 9.66. The zero-order valence-corrected chi connectivity index (χ0v) is 20.4. The molecule has 1 fully saturated rings. The van der Waals surface area contributed by atoms with E-state index in [0.29, 0.717) is 12.3 Å². The van der Waals surface area contributed by atoms with Crippen LogP contribution < -0.4 is 21.1 Å². The SMILES string of the molecule is Cc1cc(OC(C)(C)C(=O)NC2CCN(CC(O)Nc3ccccc3)CC2)c(C)c(C)c1N. The molecular weight excluding hydrogens is 416 g/mol. The third-order valence-electron chi connectivity index (χ3n) is 6.48. The standard InChI is InChI=1S/C26H38N4O3/c1-17-15-22(18(2)19(3)24(17)27)33-26(4,5)25(32)29-21-11-13-30(14-12-21)16-23(31)28-20-9-7-6-8-10-20/h6-10,15,21,23,28,31H,11-14,16,27H2,1-5H3,(H,29,32). The normalized spacial score (nSPS) is 16.3. The molecule has 1 saturated heterocycles. The maximum absolute atomic E-state index is 13.0. The molecule has 7 nitrogen and oxygen atoms in total. The molecule has 2 aromatic rings. The number of nitrogens with one attached hydrogen (secondary N) is 2. The molecule has 2 aromatic carbocycles. The number of para-hydroxylation sites is 1. The highest BCUT2D eigenvalue weighted by Gasteiger charge is 2.33. The van der Waals surface area contributed by atoms with Gasteiger partial charge in [-0.25, -0.2) is 0 Å². The number of carbonyl (C=O) groups is 1. The van der Waals surface area contributed by atoms with E-state index >= 15 is 0 Å². The fourth-order valence-corrected chi connectivity index (χ4v) is 4.13. The summed E-state index contributed by atoms with van der Waals surface area (Å²) >= 11 is 0. The summed E-state index contributed by atoms with van der Waals surface area (Å²) in [5, 5.41) is 16.6. The van der Waals surface area contributed by atoms with E-state index < -0.39 is 11.8 Å². The van der Waals surface area contributed by atoms with Crippen LogP contribution in [0, 0.1) is 20.8 Å². The minimum atomic E-state index is -1.01. The Hall–Kier alpha value is -2.77. The van der Waals surface area contributed by atoms with E-state index in [4.69, 9.17) is 10.5 Å². The fraction of sp³-hybridized carbons (Fsp3) is 0.500. The maximum atomic E-state index is 13.0. The van der Waals surface area contributed by atoms with Gasteiger partial charge in [0.1, 0.15) is 12.0 Å². The number of anilines is 2. The number of β-amino-alcohol motifs (C(OH)–C–C–N with tert-alkyl or cyclic N) is 1. The molecule has 5 N–H and O–H groups in total. The van der Waals surface area contributed by atoms with Crippen molar-refractivity contribution in [3.63, 3.8) is 0 Å². The Kier molecular flexibility index (Phi) is 7.87. The highest BCUT2D eigenvalue weighted by molar-refractivity contribution is 5.85. The van der Waals surface area contributed by atoms with Crippen molar-refractivity contribution in [1.82, 2.24) is 10.2 Å². The Balaban J connectivity index is 1.49. The van der Waals surface area contributed by atoms with Crippen molar-refractivity contribution in [3.05, 3.63) is 53.1 Å². The van der Waals surface area contributed by atoms with Crippen LogP contribution in [-0.2, 0) is 4.79 Å². The van der Waals surface area contributed by atoms with Crippen molar-refractivity contribution < 1.29 is 14.6 Å². The van der Waals surface area contributed by atoms with E-state index in [-0.39, 0.29) is 11.9 Å². The van der Waals surface area contributed by atoms with Crippen LogP contribution in [0.5, 0.6) is 5.75 Å². The number of hydrogen-bond donors (Lipinski definition) is 4. The first-order valence-electron chi connectivity index (χ1n) is 11.6. The number of rotatable bonds is 8. The number of amides is 1. The van der Waals surface area contributed by atoms with Gasteiger partial charge in [0.2, 0.25) is 0 Å². The molecule has 0 spiro atoms. The number of hydrogen-bond acceptors (Lipinski definition) is 6. The minimum Gasteiger partial charge on any atom is -0.478 e. The summed E-state index contributed by atoms with van der Waals surface area (Å²) in [4.78, 5) is 15.2. The van der Waals surface area contributed by atoms with Gasteiger partial charge in [-0.3, -0.25) is 9.69 Å². The fourth-order valence-electron chi connectivity index (χ4n) is 4.13. The molecule has 1 aliphatic heterocycles. The number of aliphatic hydroxyl groups excluding tert-OH is 1. The molecule has 0 aromatic heterocycles. The number of likely N-dealkylation sites (tertiary alicyclic amines) is 1. The number of nitrogens with zero attached hydrogens (tertiary/aromatic N) is 1. The first kappa shape index (κ1) is 24.9. The van der Waals surface area contributed by atoms with Gasteiger partial charge < -0.3 is 26.2 Å². The van der Waals surface area contributed by atoms with Gasteiger partial charge >= 0.3 is 0 Å². The van der Waals surface area contributed by atoms with Gasteiger partial charge in [0.15, 0.2) is 5.60 Å². The number of benzene rings is 2. The Morgan fingerprint density at radius 3 is 2.45 bits per heavy atom. The summed E-state index contributed by atoms with van der Waals surface area (Å²) in [6, 6.07) is 11.7. The molecular formula is C26H38N4O3. The number of ether oxygens (including phenoxy) is 1. The van der Waals surface area contributed by atoms with Gasteiger partial charge in [-0.1, -0.05) is 18.2 Å². The zero-order chi connectivity index (χ0) is 24.2. The molecule has 1 aliphatic rings. The molecule has 1 atom stereocenters. The quantitative estimate of drug-likeness (QED) is 0.361. The van der Waals surface area contributed by atoms with E-state index in [1.54, 1.807) is 13.8 Å². The molecule has 1 heterocycles. The Morgan fingerprint density at radius 1 is 1.18 bits per heavy atom. The van der Waals surface area contributed by atoms with Crippen molar-refractivity contribution in [2.75, 3.05) is 30.7 Å². The molecule has 1 amide bonds. The third-order valence-corrected chi connectivity index (χ3v) is 6.48. The highest BCUT2D eigenvalue weighted by Crippen LogP contribution is 2.31. The van der Waals surface area contributed by atoms with Crippen LogP contribution in [0.25, 0.3) is 0 Å². The van der Waals surface area contributed by atoms with Crippen LogP contribution in [0.2, 0.25) is 0 Å². The predicted molar refractivity (Wildman–Crippen MR) is 133 cm³/mol. The monoisotopic (exact) mass is 454 g/mol. The van der Waals surface area contributed by atoms with Gasteiger partial charge in [0.05, 0.1) is 0 Å². The van der Waals surface area contributed by atoms with Crippen molar-refractivity contribution >= 4 is 17.3 Å². The van der Waals surface area contributed by atoms with E-state index in [1.807, 2.05) is 57.2 Å². The molecule has 1 unspecified atom stereocenters. The molecule has 180 valence electrons. The zero-order valence-electron chi connectivity index (χ0n) is 20.4. The van der Waals surface area contributed by atoms with Crippen LogP contribution >= 0.6 is 0 Å². The smallest absolute Gasteiger partial charge is 0.263 e. The number of piperidine rings is 1. The number of aliphatic hydroxyl groups is 1. The third kappa shape index (κ3) is 6.39. The maximum Gasteiger partial charge on any atom is 0.263 e. The Bertz CT molecular complexity index is 954. The van der Waals surface area contributed by atoms with Crippen LogP contribution in [-0.4, -0.2) is 53.4 Å². The molecule has 0 bridgehead atoms. The minimum absolute atomic E-state index is 0.0897. The molecule has 0 saturated carbocycles. The van der Waals surface area contributed by atoms with Crippen LogP contribution in [0.4, 0.5) is 11.4 Å². The van der Waals surface area contributed by atoms with Crippen LogP contribution in [0.15, 0.2) is 36.4 Å². The topological polar surface area (TPSA) is 99.8 Å². The second-order valence-electron chi connectivity index (χ2n) is 9.54. The van der Waals surface area contributed by atoms with Gasteiger partial charge in [-0.2, -0.15) is 0 Å². The van der Waals surface area contributed by atoms with Gasteiger partial charge in [-0.05, 0) is 82.3 Å². The summed E-state index contributed by atoms with van der Waals surface area (Å²) in [7, 11) is 0. The second kappa shape index (κ2) is 10.4. The average molecular weight is 455 g/mol. The summed E-state index contributed by atoms with van der Waals surface area (Å²) < 4.78 is 6.16. The van der Waals surface area contributed by atoms with Crippen LogP contribution in [0.1, 0.15) is 43.4 Å². The lowest BCUT2D eigenvalue weighted by atomic mass is 10.0. The summed E-state index contributed by atoms with van der Waals surface area (Å²) in [5.74, 6) is 0.562. The number of carbonyl (C=O) groups excluding carboxylic acids is 1. The van der Waals surface area contributed by atoms with Crippen molar-refractivity contribution in [2.24, 2.45) is 0 Å². The number of nitrogen functional groups attached to an aromatic ring is 1.